The predicted molar refractivity (Wildman–Crippen MR) is 65.1 cm³/mol. The Morgan fingerprint density at radius 2 is 2.12 bits per heavy atom. The Labute approximate surface area is 98.4 Å². The summed E-state index contributed by atoms with van der Waals surface area (Å²) in [4.78, 5) is 0. The van der Waals surface area contributed by atoms with Gasteiger partial charge in [-0.05, 0) is 25.3 Å². The van der Waals surface area contributed by atoms with Gasteiger partial charge in [-0.1, -0.05) is 20.3 Å². The first-order valence-electron chi connectivity index (χ1n) is 5.86. The van der Waals surface area contributed by atoms with E-state index in [9.17, 15) is 13.5 Å². The van der Waals surface area contributed by atoms with Crippen LogP contribution in [0.5, 0.6) is 0 Å². The molecule has 96 valence electrons. The first-order chi connectivity index (χ1) is 7.32. The zero-order valence-electron chi connectivity index (χ0n) is 10.4. The molecule has 1 aliphatic rings. The summed E-state index contributed by atoms with van der Waals surface area (Å²) >= 11 is 0. The highest BCUT2D eigenvalue weighted by atomic mass is 32.2. The monoisotopic (exact) mass is 249 g/mol. The second kappa shape index (κ2) is 5.02. The summed E-state index contributed by atoms with van der Waals surface area (Å²) in [6, 6.07) is 0. The summed E-state index contributed by atoms with van der Waals surface area (Å²) in [5, 5.41) is 12.4. The van der Waals surface area contributed by atoms with Gasteiger partial charge in [0.15, 0.2) is 9.84 Å². The molecule has 1 rings (SSSR count). The maximum absolute atomic E-state index is 11.7. The third-order valence-corrected chi connectivity index (χ3v) is 5.09. The molecule has 16 heavy (non-hydrogen) atoms. The lowest BCUT2D eigenvalue weighted by Gasteiger charge is -2.34. The standard InChI is InChI=1S/C11H23NO3S/c1-9(2)7-12-11(8-13)6-4-5-10(11)16(3,14)15/h9-10,12-13H,4-8H2,1-3H3. The Hall–Kier alpha value is -0.130. The van der Waals surface area contributed by atoms with E-state index in [2.05, 4.69) is 19.2 Å². The zero-order valence-corrected chi connectivity index (χ0v) is 11.2. The first kappa shape index (κ1) is 13.9. The summed E-state index contributed by atoms with van der Waals surface area (Å²) < 4.78 is 23.4. The molecule has 4 nitrogen and oxygen atoms in total. The van der Waals surface area contributed by atoms with Gasteiger partial charge in [0.25, 0.3) is 0 Å². The van der Waals surface area contributed by atoms with Crippen LogP contribution in [0.3, 0.4) is 0 Å². The van der Waals surface area contributed by atoms with Crippen LogP contribution < -0.4 is 5.32 Å². The lowest BCUT2D eigenvalue weighted by Crippen LogP contribution is -2.57. The van der Waals surface area contributed by atoms with Crippen LogP contribution >= 0.6 is 0 Å². The molecule has 0 saturated heterocycles. The molecule has 1 fully saturated rings. The zero-order chi connectivity index (χ0) is 12.4. The summed E-state index contributed by atoms with van der Waals surface area (Å²) in [5.41, 5.74) is -0.613. The average Bonchev–Trinajstić information content (AvgIpc) is 2.58. The molecule has 0 bridgehead atoms. The minimum atomic E-state index is -3.09. The lowest BCUT2D eigenvalue weighted by atomic mass is 9.97. The van der Waals surface area contributed by atoms with E-state index in [0.717, 1.165) is 19.4 Å². The molecular formula is C11H23NO3S. The Balaban J connectivity index is 2.84. The first-order valence-corrected chi connectivity index (χ1v) is 7.82. The maximum atomic E-state index is 11.7. The van der Waals surface area contributed by atoms with E-state index in [1.165, 1.54) is 6.26 Å². The Morgan fingerprint density at radius 3 is 2.56 bits per heavy atom. The highest BCUT2D eigenvalue weighted by Crippen LogP contribution is 2.34. The molecule has 0 aromatic rings. The smallest absolute Gasteiger partial charge is 0.152 e. The molecule has 0 radical (unpaired) electrons. The number of rotatable bonds is 5. The van der Waals surface area contributed by atoms with Gasteiger partial charge in [-0.15, -0.1) is 0 Å². The van der Waals surface area contributed by atoms with Crippen LogP contribution in [0.15, 0.2) is 0 Å². The Bertz CT molecular complexity index is 326. The van der Waals surface area contributed by atoms with Crippen LogP contribution in [0.2, 0.25) is 0 Å². The van der Waals surface area contributed by atoms with Gasteiger partial charge in [0.1, 0.15) is 0 Å². The molecule has 5 heteroatoms. The predicted octanol–water partition coefficient (Wildman–Crippen LogP) is 0.560. The van der Waals surface area contributed by atoms with Gasteiger partial charge in [-0.2, -0.15) is 0 Å². The van der Waals surface area contributed by atoms with E-state index < -0.39 is 20.6 Å². The molecule has 0 aromatic carbocycles. The van der Waals surface area contributed by atoms with Gasteiger partial charge < -0.3 is 10.4 Å². The minimum Gasteiger partial charge on any atom is -0.394 e. The Kier molecular flexibility index (Phi) is 4.37. The Morgan fingerprint density at radius 1 is 1.50 bits per heavy atom. The number of hydrogen-bond acceptors (Lipinski definition) is 4. The molecule has 0 spiro atoms. The third-order valence-electron chi connectivity index (χ3n) is 3.37. The van der Waals surface area contributed by atoms with Crippen molar-refractivity contribution in [2.45, 2.75) is 43.9 Å². The van der Waals surface area contributed by atoms with Crippen LogP contribution in [-0.4, -0.2) is 43.7 Å². The fourth-order valence-corrected chi connectivity index (χ4v) is 4.20. The molecule has 0 amide bonds. The van der Waals surface area contributed by atoms with Crippen LogP contribution in [0.25, 0.3) is 0 Å². The van der Waals surface area contributed by atoms with Gasteiger partial charge >= 0.3 is 0 Å². The minimum absolute atomic E-state index is 0.0997. The van der Waals surface area contributed by atoms with Crippen molar-refractivity contribution >= 4 is 9.84 Å². The van der Waals surface area contributed by atoms with Gasteiger partial charge in [0, 0.05) is 6.26 Å². The van der Waals surface area contributed by atoms with Crippen molar-refractivity contribution in [3.63, 3.8) is 0 Å². The molecule has 0 aliphatic heterocycles. The SMILES string of the molecule is CC(C)CNC1(CO)CCCC1S(C)(=O)=O. The van der Waals surface area contributed by atoms with Crippen molar-refractivity contribution in [3.05, 3.63) is 0 Å². The van der Waals surface area contributed by atoms with E-state index in [1.54, 1.807) is 0 Å². The molecule has 0 heterocycles. The van der Waals surface area contributed by atoms with Crippen LogP contribution in [0, 0.1) is 5.92 Å². The van der Waals surface area contributed by atoms with E-state index in [1.807, 2.05) is 0 Å². The molecule has 2 atom stereocenters. The number of nitrogens with one attached hydrogen (secondary N) is 1. The number of hydrogen-bond donors (Lipinski definition) is 2. The normalized spacial score (nSPS) is 31.2. The van der Waals surface area contributed by atoms with Gasteiger partial charge in [-0.3, -0.25) is 0 Å². The van der Waals surface area contributed by atoms with E-state index in [4.69, 9.17) is 0 Å². The quantitative estimate of drug-likeness (QED) is 0.747. The molecule has 2 N–H and O–H groups in total. The summed E-state index contributed by atoms with van der Waals surface area (Å²) in [6.07, 6.45) is 3.53. The maximum Gasteiger partial charge on any atom is 0.152 e. The second-order valence-corrected chi connectivity index (χ2v) is 7.53. The van der Waals surface area contributed by atoms with E-state index in [-0.39, 0.29) is 6.61 Å². The van der Waals surface area contributed by atoms with Crippen molar-refractivity contribution < 1.29 is 13.5 Å². The van der Waals surface area contributed by atoms with Crippen LogP contribution in [0.1, 0.15) is 33.1 Å². The summed E-state index contributed by atoms with van der Waals surface area (Å²) in [6.45, 7) is 4.79. The van der Waals surface area contributed by atoms with Gasteiger partial charge in [0.05, 0.1) is 17.4 Å². The van der Waals surface area contributed by atoms with Crippen molar-refractivity contribution in [1.82, 2.24) is 5.32 Å². The largest absolute Gasteiger partial charge is 0.394 e. The molecule has 1 saturated carbocycles. The lowest BCUT2D eigenvalue weighted by molar-refractivity contribution is 0.162. The molecule has 0 aromatic heterocycles. The van der Waals surface area contributed by atoms with Gasteiger partial charge in [-0.25, -0.2) is 8.42 Å². The van der Waals surface area contributed by atoms with Crippen LogP contribution in [0.4, 0.5) is 0 Å². The number of aliphatic hydroxyl groups is 1. The van der Waals surface area contributed by atoms with Crippen LogP contribution in [-0.2, 0) is 9.84 Å². The molecule has 1 aliphatic carbocycles. The van der Waals surface area contributed by atoms with Gasteiger partial charge in [0.2, 0.25) is 0 Å². The van der Waals surface area contributed by atoms with E-state index in [0.29, 0.717) is 12.3 Å². The van der Waals surface area contributed by atoms with Crippen molar-refractivity contribution in [3.8, 4) is 0 Å². The average molecular weight is 249 g/mol. The fraction of sp³-hybridized carbons (Fsp3) is 1.00. The number of sulfone groups is 1. The highest BCUT2D eigenvalue weighted by Gasteiger charge is 2.47. The van der Waals surface area contributed by atoms with Crippen molar-refractivity contribution in [2.24, 2.45) is 5.92 Å². The topological polar surface area (TPSA) is 66.4 Å². The number of aliphatic hydroxyl groups excluding tert-OH is 1. The highest BCUT2D eigenvalue weighted by molar-refractivity contribution is 7.91. The summed E-state index contributed by atoms with van der Waals surface area (Å²) in [5.74, 6) is 0.448. The summed E-state index contributed by atoms with van der Waals surface area (Å²) in [7, 11) is -3.09. The molecular weight excluding hydrogens is 226 g/mol. The van der Waals surface area contributed by atoms with Crippen molar-refractivity contribution in [1.29, 1.82) is 0 Å². The molecule has 2 unspecified atom stereocenters. The third kappa shape index (κ3) is 2.96. The second-order valence-electron chi connectivity index (χ2n) is 5.30. The fourth-order valence-electron chi connectivity index (χ4n) is 2.51. The van der Waals surface area contributed by atoms with E-state index >= 15 is 0 Å². The van der Waals surface area contributed by atoms with Crippen molar-refractivity contribution in [2.75, 3.05) is 19.4 Å².